The first-order valence-electron chi connectivity index (χ1n) is 6.89. The Morgan fingerprint density at radius 1 is 1.53 bits per heavy atom. The van der Waals surface area contributed by atoms with Crippen molar-refractivity contribution in [3.8, 4) is 0 Å². The maximum absolute atomic E-state index is 11.2. The van der Waals surface area contributed by atoms with E-state index in [9.17, 15) is 9.90 Å². The van der Waals surface area contributed by atoms with Crippen LogP contribution >= 0.6 is 11.3 Å². The maximum Gasteiger partial charge on any atom is 0.347 e. The summed E-state index contributed by atoms with van der Waals surface area (Å²) in [5.74, 6) is -0.442. The Labute approximate surface area is 117 Å². The number of carboxylic acid groups (broad SMARTS) is 1. The van der Waals surface area contributed by atoms with E-state index in [4.69, 9.17) is 4.74 Å². The van der Waals surface area contributed by atoms with Crippen molar-refractivity contribution in [2.45, 2.75) is 52.1 Å². The molecule has 5 heteroatoms. The Morgan fingerprint density at radius 3 is 2.89 bits per heavy atom. The smallest absolute Gasteiger partial charge is 0.347 e. The van der Waals surface area contributed by atoms with Gasteiger partial charge >= 0.3 is 5.97 Å². The number of thiazole rings is 1. The van der Waals surface area contributed by atoms with Gasteiger partial charge in [0, 0.05) is 13.0 Å². The third-order valence-electron chi connectivity index (χ3n) is 3.21. The van der Waals surface area contributed by atoms with Crippen molar-refractivity contribution in [2.24, 2.45) is 5.92 Å². The molecule has 0 aromatic carbocycles. The molecule has 1 aliphatic heterocycles. The van der Waals surface area contributed by atoms with Gasteiger partial charge in [0.25, 0.3) is 0 Å². The van der Waals surface area contributed by atoms with Crippen LogP contribution in [0.2, 0.25) is 0 Å². The number of nitrogens with zero attached hydrogens (tertiary/aromatic N) is 1. The summed E-state index contributed by atoms with van der Waals surface area (Å²) >= 11 is 1.31. The van der Waals surface area contributed by atoms with Gasteiger partial charge in [-0.15, -0.1) is 11.3 Å². The van der Waals surface area contributed by atoms with Crippen LogP contribution in [0.5, 0.6) is 0 Å². The van der Waals surface area contributed by atoms with E-state index < -0.39 is 5.97 Å². The standard InChI is InChI=1S/C14H21NO3S/c1-9(2)7-11-13(14(16)17)19-12(15-11)8-10-5-3-4-6-18-10/h9-10H,3-8H2,1-2H3,(H,16,17). The average molecular weight is 283 g/mol. The molecule has 2 rings (SSSR count). The summed E-state index contributed by atoms with van der Waals surface area (Å²) < 4.78 is 5.69. The number of aromatic carboxylic acids is 1. The molecular weight excluding hydrogens is 262 g/mol. The summed E-state index contributed by atoms with van der Waals surface area (Å²) in [5.41, 5.74) is 0.735. The maximum atomic E-state index is 11.2. The van der Waals surface area contributed by atoms with E-state index in [1.54, 1.807) is 0 Å². The molecule has 0 radical (unpaired) electrons. The summed E-state index contributed by atoms with van der Waals surface area (Å²) in [6.07, 6.45) is 5.08. The molecule has 1 saturated heterocycles. The molecule has 1 atom stereocenters. The lowest BCUT2D eigenvalue weighted by molar-refractivity contribution is 0.0167. The Kier molecular flexibility index (Phi) is 4.93. The quantitative estimate of drug-likeness (QED) is 0.901. The normalized spacial score (nSPS) is 19.8. The number of rotatable bonds is 5. The predicted octanol–water partition coefficient (Wildman–Crippen LogP) is 3.15. The fraction of sp³-hybridized carbons (Fsp3) is 0.714. The number of carboxylic acids is 1. The molecule has 1 aromatic rings. The highest BCUT2D eigenvalue weighted by Gasteiger charge is 2.21. The molecule has 4 nitrogen and oxygen atoms in total. The van der Waals surface area contributed by atoms with E-state index in [0.29, 0.717) is 10.8 Å². The van der Waals surface area contributed by atoms with Crippen molar-refractivity contribution in [1.82, 2.24) is 4.98 Å². The third kappa shape index (κ3) is 4.01. The second-order valence-electron chi connectivity index (χ2n) is 5.48. The van der Waals surface area contributed by atoms with Gasteiger partial charge in [0.15, 0.2) is 0 Å². The molecule has 0 saturated carbocycles. The molecule has 2 heterocycles. The monoisotopic (exact) mass is 283 g/mol. The molecule has 1 fully saturated rings. The zero-order valence-electron chi connectivity index (χ0n) is 11.5. The van der Waals surface area contributed by atoms with E-state index in [2.05, 4.69) is 18.8 Å². The van der Waals surface area contributed by atoms with Crippen LogP contribution in [-0.2, 0) is 17.6 Å². The van der Waals surface area contributed by atoms with Crippen LogP contribution in [0.25, 0.3) is 0 Å². The third-order valence-corrected chi connectivity index (χ3v) is 4.32. The fourth-order valence-corrected chi connectivity index (χ4v) is 3.34. The second kappa shape index (κ2) is 6.48. The van der Waals surface area contributed by atoms with Gasteiger partial charge < -0.3 is 9.84 Å². The number of aromatic nitrogens is 1. The molecule has 0 bridgehead atoms. The minimum absolute atomic E-state index is 0.216. The van der Waals surface area contributed by atoms with Gasteiger partial charge in [0.1, 0.15) is 4.88 Å². The Balaban J connectivity index is 2.10. The SMILES string of the molecule is CC(C)Cc1nc(CC2CCCCO2)sc1C(=O)O. The number of ether oxygens (including phenoxy) is 1. The molecule has 106 valence electrons. The number of hydrogen-bond acceptors (Lipinski definition) is 4. The summed E-state index contributed by atoms with van der Waals surface area (Å²) in [7, 11) is 0. The van der Waals surface area contributed by atoms with Crippen molar-refractivity contribution < 1.29 is 14.6 Å². The van der Waals surface area contributed by atoms with Gasteiger partial charge in [0.05, 0.1) is 16.8 Å². The molecular formula is C14H21NO3S. The number of hydrogen-bond donors (Lipinski definition) is 1. The highest BCUT2D eigenvalue weighted by Crippen LogP contribution is 2.25. The molecule has 1 unspecified atom stereocenters. The van der Waals surface area contributed by atoms with Crippen LogP contribution in [0.1, 0.15) is 53.5 Å². The lowest BCUT2D eigenvalue weighted by Crippen LogP contribution is -2.21. The minimum Gasteiger partial charge on any atom is -0.477 e. The fourth-order valence-electron chi connectivity index (χ4n) is 2.34. The first-order valence-corrected chi connectivity index (χ1v) is 7.71. The first kappa shape index (κ1) is 14.5. The average Bonchev–Trinajstić information content (AvgIpc) is 2.72. The zero-order chi connectivity index (χ0) is 13.8. The molecule has 0 spiro atoms. The predicted molar refractivity (Wildman–Crippen MR) is 74.9 cm³/mol. The minimum atomic E-state index is -0.857. The molecule has 1 N–H and O–H groups in total. The van der Waals surface area contributed by atoms with E-state index in [-0.39, 0.29) is 6.10 Å². The molecule has 1 aromatic heterocycles. The second-order valence-corrected chi connectivity index (χ2v) is 6.56. The number of carbonyl (C=O) groups is 1. The van der Waals surface area contributed by atoms with Gasteiger partial charge in [-0.2, -0.15) is 0 Å². The van der Waals surface area contributed by atoms with Gasteiger partial charge in [-0.1, -0.05) is 13.8 Å². The Bertz CT molecular complexity index is 436. The van der Waals surface area contributed by atoms with Gasteiger partial charge in [-0.05, 0) is 31.6 Å². The van der Waals surface area contributed by atoms with E-state index in [0.717, 1.165) is 43.0 Å². The van der Waals surface area contributed by atoms with Gasteiger partial charge in [-0.25, -0.2) is 9.78 Å². The van der Waals surface area contributed by atoms with Crippen molar-refractivity contribution >= 4 is 17.3 Å². The Hall–Kier alpha value is -0.940. The molecule has 0 aliphatic carbocycles. The lowest BCUT2D eigenvalue weighted by atomic mass is 10.1. The van der Waals surface area contributed by atoms with Crippen LogP contribution in [0.3, 0.4) is 0 Å². The summed E-state index contributed by atoms with van der Waals surface area (Å²) in [6.45, 7) is 4.98. The van der Waals surface area contributed by atoms with Crippen LogP contribution in [-0.4, -0.2) is 28.8 Å². The molecule has 19 heavy (non-hydrogen) atoms. The van der Waals surface area contributed by atoms with Crippen molar-refractivity contribution in [3.63, 3.8) is 0 Å². The van der Waals surface area contributed by atoms with Crippen molar-refractivity contribution in [2.75, 3.05) is 6.61 Å². The Morgan fingerprint density at radius 2 is 2.32 bits per heavy atom. The van der Waals surface area contributed by atoms with E-state index >= 15 is 0 Å². The van der Waals surface area contributed by atoms with Crippen LogP contribution in [0, 0.1) is 5.92 Å². The lowest BCUT2D eigenvalue weighted by Gasteiger charge is -2.21. The van der Waals surface area contributed by atoms with Crippen LogP contribution in [0.15, 0.2) is 0 Å². The summed E-state index contributed by atoms with van der Waals surface area (Å²) in [6, 6.07) is 0. The first-order chi connectivity index (χ1) is 9.06. The molecule has 1 aliphatic rings. The highest BCUT2D eigenvalue weighted by atomic mass is 32.1. The zero-order valence-corrected chi connectivity index (χ0v) is 12.3. The van der Waals surface area contributed by atoms with E-state index in [1.807, 2.05) is 0 Å². The van der Waals surface area contributed by atoms with Crippen LogP contribution < -0.4 is 0 Å². The largest absolute Gasteiger partial charge is 0.477 e. The molecule has 0 amide bonds. The van der Waals surface area contributed by atoms with E-state index in [1.165, 1.54) is 17.8 Å². The van der Waals surface area contributed by atoms with Crippen molar-refractivity contribution in [1.29, 1.82) is 0 Å². The highest BCUT2D eigenvalue weighted by molar-refractivity contribution is 7.13. The van der Waals surface area contributed by atoms with Crippen molar-refractivity contribution in [3.05, 3.63) is 15.6 Å². The topological polar surface area (TPSA) is 59.4 Å². The van der Waals surface area contributed by atoms with Gasteiger partial charge in [0.2, 0.25) is 0 Å². The summed E-state index contributed by atoms with van der Waals surface area (Å²) in [5, 5.41) is 10.1. The summed E-state index contributed by atoms with van der Waals surface area (Å²) in [4.78, 5) is 16.2. The van der Waals surface area contributed by atoms with Gasteiger partial charge in [-0.3, -0.25) is 0 Å². The van der Waals surface area contributed by atoms with Crippen LogP contribution in [0.4, 0.5) is 0 Å².